The average Bonchev–Trinajstić information content (AvgIpc) is 2.33. The Morgan fingerprint density at radius 1 is 1.41 bits per heavy atom. The van der Waals surface area contributed by atoms with Gasteiger partial charge in [-0.15, -0.1) is 0 Å². The third-order valence-electron chi connectivity index (χ3n) is 2.43. The van der Waals surface area contributed by atoms with Gasteiger partial charge in [-0.05, 0) is 24.0 Å². The van der Waals surface area contributed by atoms with Gasteiger partial charge in [0.15, 0.2) is 0 Å². The van der Waals surface area contributed by atoms with E-state index in [0.29, 0.717) is 6.54 Å². The number of carbonyl (C=O) groups excluding carboxylic acids is 1. The summed E-state index contributed by atoms with van der Waals surface area (Å²) in [5.74, 6) is -0.0248. The molecule has 0 aliphatic carbocycles. The minimum absolute atomic E-state index is 0.0248. The van der Waals surface area contributed by atoms with E-state index in [-0.39, 0.29) is 12.5 Å². The Labute approximate surface area is 102 Å². The topological polar surface area (TPSA) is 49.3 Å². The summed E-state index contributed by atoms with van der Waals surface area (Å²) in [5, 5.41) is 11.5. The molecule has 17 heavy (non-hydrogen) atoms. The number of hydrogen-bond acceptors (Lipinski definition) is 2. The van der Waals surface area contributed by atoms with Crippen LogP contribution in [0.4, 0.5) is 0 Å². The van der Waals surface area contributed by atoms with E-state index in [9.17, 15) is 4.79 Å². The molecule has 0 aliphatic rings. The zero-order valence-corrected chi connectivity index (χ0v) is 10.1. The van der Waals surface area contributed by atoms with Gasteiger partial charge in [-0.25, -0.2) is 0 Å². The first-order valence-electron chi connectivity index (χ1n) is 5.84. The SMILES string of the molecule is CC(=O)NCC=Cc1ccccc1CCCO. The van der Waals surface area contributed by atoms with Crippen molar-refractivity contribution in [1.29, 1.82) is 0 Å². The molecule has 1 amide bonds. The largest absolute Gasteiger partial charge is 0.396 e. The third-order valence-corrected chi connectivity index (χ3v) is 2.43. The fourth-order valence-electron chi connectivity index (χ4n) is 1.58. The Morgan fingerprint density at radius 2 is 2.18 bits per heavy atom. The van der Waals surface area contributed by atoms with Gasteiger partial charge in [-0.1, -0.05) is 36.4 Å². The van der Waals surface area contributed by atoms with Crippen LogP contribution in [0, 0.1) is 0 Å². The van der Waals surface area contributed by atoms with Gasteiger partial charge in [-0.3, -0.25) is 4.79 Å². The van der Waals surface area contributed by atoms with Crippen LogP contribution < -0.4 is 5.32 Å². The monoisotopic (exact) mass is 233 g/mol. The van der Waals surface area contributed by atoms with E-state index in [1.54, 1.807) is 0 Å². The van der Waals surface area contributed by atoms with Crippen molar-refractivity contribution in [2.75, 3.05) is 13.2 Å². The molecule has 0 atom stereocenters. The van der Waals surface area contributed by atoms with E-state index < -0.39 is 0 Å². The van der Waals surface area contributed by atoms with Crippen LogP contribution in [0.25, 0.3) is 6.08 Å². The smallest absolute Gasteiger partial charge is 0.217 e. The molecule has 0 unspecified atom stereocenters. The summed E-state index contributed by atoms with van der Waals surface area (Å²) in [6.45, 7) is 2.26. The van der Waals surface area contributed by atoms with Crippen molar-refractivity contribution >= 4 is 12.0 Å². The van der Waals surface area contributed by atoms with Crippen molar-refractivity contribution in [3.63, 3.8) is 0 Å². The zero-order chi connectivity index (χ0) is 12.5. The molecule has 0 aromatic heterocycles. The van der Waals surface area contributed by atoms with Crippen LogP contribution in [0.15, 0.2) is 30.3 Å². The second-order valence-corrected chi connectivity index (χ2v) is 3.87. The van der Waals surface area contributed by atoms with Crippen LogP contribution in [0.3, 0.4) is 0 Å². The highest BCUT2D eigenvalue weighted by molar-refractivity contribution is 5.73. The Morgan fingerprint density at radius 3 is 2.88 bits per heavy atom. The van der Waals surface area contributed by atoms with E-state index in [1.165, 1.54) is 12.5 Å². The van der Waals surface area contributed by atoms with Crippen LogP contribution in [0.2, 0.25) is 0 Å². The second kappa shape index (κ2) is 7.63. The zero-order valence-electron chi connectivity index (χ0n) is 10.1. The summed E-state index contributed by atoms with van der Waals surface area (Å²) >= 11 is 0. The molecule has 1 aromatic rings. The summed E-state index contributed by atoms with van der Waals surface area (Å²) in [6, 6.07) is 8.09. The van der Waals surface area contributed by atoms with Crippen LogP contribution in [0.5, 0.6) is 0 Å². The minimum atomic E-state index is -0.0248. The number of benzene rings is 1. The van der Waals surface area contributed by atoms with Gasteiger partial charge in [-0.2, -0.15) is 0 Å². The molecule has 0 spiro atoms. The molecule has 0 aliphatic heterocycles. The molecule has 0 fully saturated rings. The maximum absolute atomic E-state index is 10.7. The minimum Gasteiger partial charge on any atom is -0.396 e. The number of aliphatic hydroxyl groups excluding tert-OH is 1. The van der Waals surface area contributed by atoms with E-state index in [1.807, 2.05) is 30.4 Å². The summed E-state index contributed by atoms with van der Waals surface area (Å²) in [6.07, 6.45) is 5.58. The summed E-state index contributed by atoms with van der Waals surface area (Å²) in [4.78, 5) is 10.7. The third kappa shape index (κ3) is 5.31. The number of carbonyl (C=O) groups is 1. The highest BCUT2D eigenvalue weighted by Gasteiger charge is 1.97. The lowest BCUT2D eigenvalue weighted by Gasteiger charge is -2.04. The predicted molar refractivity (Wildman–Crippen MR) is 69.6 cm³/mol. The molecule has 3 nitrogen and oxygen atoms in total. The molecule has 0 radical (unpaired) electrons. The molecule has 0 saturated heterocycles. The van der Waals surface area contributed by atoms with Gasteiger partial charge < -0.3 is 10.4 Å². The van der Waals surface area contributed by atoms with Gasteiger partial charge in [0, 0.05) is 20.1 Å². The van der Waals surface area contributed by atoms with E-state index in [4.69, 9.17) is 5.11 Å². The maximum atomic E-state index is 10.7. The number of nitrogens with one attached hydrogen (secondary N) is 1. The number of rotatable bonds is 6. The van der Waals surface area contributed by atoms with Gasteiger partial charge in [0.1, 0.15) is 0 Å². The van der Waals surface area contributed by atoms with Crippen molar-refractivity contribution in [2.24, 2.45) is 0 Å². The number of hydrogen-bond donors (Lipinski definition) is 2. The normalized spacial score (nSPS) is 10.7. The van der Waals surface area contributed by atoms with Crippen molar-refractivity contribution in [3.8, 4) is 0 Å². The van der Waals surface area contributed by atoms with E-state index in [0.717, 1.165) is 18.4 Å². The van der Waals surface area contributed by atoms with E-state index in [2.05, 4.69) is 11.4 Å². The standard InChI is InChI=1S/C14H19NO2/c1-12(17)15-10-4-8-13-6-2-3-7-14(13)9-5-11-16/h2-4,6-8,16H,5,9-11H2,1H3,(H,15,17). The highest BCUT2D eigenvalue weighted by atomic mass is 16.2. The molecule has 0 saturated carbocycles. The molecular formula is C14H19NO2. The molecule has 2 N–H and O–H groups in total. The first-order chi connectivity index (χ1) is 8.24. The van der Waals surface area contributed by atoms with Gasteiger partial charge in [0.05, 0.1) is 0 Å². The lowest BCUT2D eigenvalue weighted by atomic mass is 10.0. The Balaban J connectivity index is 2.59. The molecule has 92 valence electrons. The quantitative estimate of drug-likeness (QED) is 0.786. The van der Waals surface area contributed by atoms with Crippen molar-refractivity contribution in [2.45, 2.75) is 19.8 Å². The van der Waals surface area contributed by atoms with Crippen LogP contribution in [-0.2, 0) is 11.2 Å². The molecule has 0 bridgehead atoms. The molecular weight excluding hydrogens is 214 g/mol. The summed E-state index contributed by atoms with van der Waals surface area (Å²) in [7, 11) is 0. The van der Waals surface area contributed by atoms with Crippen molar-refractivity contribution < 1.29 is 9.90 Å². The highest BCUT2D eigenvalue weighted by Crippen LogP contribution is 2.12. The van der Waals surface area contributed by atoms with Crippen molar-refractivity contribution in [3.05, 3.63) is 41.5 Å². The fraction of sp³-hybridized carbons (Fsp3) is 0.357. The first-order valence-corrected chi connectivity index (χ1v) is 5.84. The number of amides is 1. The van der Waals surface area contributed by atoms with Gasteiger partial charge in [0.2, 0.25) is 5.91 Å². The van der Waals surface area contributed by atoms with Gasteiger partial charge in [0.25, 0.3) is 0 Å². The number of aliphatic hydroxyl groups is 1. The molecule has 0 heterocycles. The Bertz CT molecular complexity index is 386. The summed E-state index contributed by atoms with van der Waals surface area (Å²) < 4.78 is 0. The van der Waals surface area contributed by atoms with Gasteiger partial charge >= 0.3 is 0 Å². The van der Waals surface area contributed by atoms with Crippen LogP contribution in [-0.4, -0.2) is 24.2 Å². The molecule has 1 aromatic carbocycles. The molecule has 1 rings (SSSR count). The maximum Gasteiger partial charge on any atom is 0.217 e. The van der Waals surface area contributed by atoms with Crippen molar-refractivity contribution in [1.82, 2.24) is 5.32 Å². The van der Waals surface area contributed by atoms with E-state index >= 15 is 0 Å². The second-order valence-electron chi connectivity index (χ2n) is 3.87. The average molecular weight is 233 g/mol. The Kier molecular flexibility index (Phi) is 6.04. The van der Waals surface area contributed by atoms with Crippen LogP contribution in [0.1, 0.15) is 24.5 Å². The lowest BCUT2D eigenvalue weighted by Crippen LogP contribution is -2.19. The lowest BCUT2D eigenvalue weighted by molar-refractivity contribution is -0.118. The summed E-state index contributed by atoms with van der Waals surface area (Å²) in [5.41, 5.74) is 2.37. The predicted octanol–water partition coefficient (Wildman–Crippen LogP) is 1.76. The Hall–Kier alpha value is -1.61. The molecule has 3 heteroatoms. The van der Waals surface area contributed by atoms with Crippen LogP contribution >= 0.6 is 0 Å². The first kappa shape index (κ1) is 13.5. The number of aryl methyl sites for hydroxylation is 1. The fourth-order valence-corrected chi connectivity index (χ4v) is 1.58.